The van der Waals surface area contributed by atoms with E-state index < -0.39 is 0 Å². The van der Waals surface area contributed by atoms with Gasteiger partial charge in [-0.2, -0.15) is 0 Å². The molecule has 0 radical (unpaired) electrons. The molecular weight excluding hydrogens is 346 g/mol. The molecule has 0 saturated carbocycles. The van der Waals surface area contributed by atoms with E-state index in [-0.39, 0.29) is 11.7 Å². The highest BCUT2D eigenvalue weighted by molar-refractivity contribution is 6.31. The Morgan fingerprint density at radius 1 is 1.08 bits per heavy atom. The minimum Gasteiger partial charge on any atom is -0.356 e. The number of carbonyl (C=O) groups excluding carboxylic acids is 1. The van der Waals surface area contributed by atoms with Crippen LogP contribution in [0.5, 0.6) is 0 Å². The molecule has 0 N–H and O–H groups in total. The number of rotatable bonds is 3. The van der Waals surface area contributed by atoms with Crippen molar-refractivity contribution in [3.63, 3.8) is 0 Å². The van der Waals surface area contributed by atoms with Gasteiger partial charge in [-0.15, -0.1) is 0 Å². The molecule has 1 aromatic heterocycles. The van der Waals surface area contributed by atoms with Crippen LogP contribution in [-0.2, 0) is 0 Å². The maximum Gasteiger partial charge on any atom is 0.166 e. The summed E-state index contributed by atoms with van der Waals surface area (Å²) in [7, 11) is 0. The molecule has 1 saturated heterocycles. The largest absolute Gasteiger partial charge is 0.356 e. The molecule has 0 aliphatic carbocycles. The zero-order valence-electron chi connectivity index (χ0n) is 14.7. The van der Waals surface area contributed by atoms with Gasteiger partial charge in [-0.25, -0.2) is 9.97 Å². The molecule has 2 aromatic carbocycles. The predicted octanol–water partition coefficient (Wildman–Crippen LogP) is 4.69. The van der Waals surface area contributed by atoms with Gasteiger partial charge in [0.2, 0.25) is 0 Å². The first-order chi connectivity index (χ1) is 12.6. The zero-order valence-corrected chi connectivity index (χ0v) is 15.4. The van der Waals surface area contributed by atoms with Gasteiger partial charge in [-0.1, -0.05) is 41.4 Å². The lowest BCUT2D eigenvalue weighted by atomic mass is 9.88. The zero-order chi connectivity index (χ0) is 18.1. The van der Waals surface area contributed by atoms with E-state index in [0.29, 0.717) is 5.02 Å². The molecule has 3 aromatic rings. The van der Waals surface area contributed by atoms with Gasteiger partial charge >= 0.3 is 0 Å². The highest BCUT2D eigenvalue weighted by Gasteiger charge is 2.27. The Balaban J connectivity index is 1.50. The third-order valence-corrected chi connectivity index (χ3v) is 5.31. The van der Waals surface area contributed by atoms with Crippen LogP contribution < -0.4 is 4.90 Å². The number of Topliss-reactive ketones (excluding diaryl/α,β-unsaturated/α-hetero) is 1. The van der Waals surface area contributed by atoms with Gasteiger partial charge in [0.1, 0.15) is 12.1 Å². The summed E-state index contributed by atoms with van der Waals surface area (Å²) in [6.07, 6.45) is 3.26. The smallest absolute Gasteiger partial charge is 0.166 e. The molecule has 5 heteroatoms. The molecule has 0 amide bonds. The van der Waals surface area contributed by atoms with Crippen LogP contribution in [0.2, 0.25) is 5.02 Å². The Hall–Kier alpha value is -2.46. The van der Waals surface area contributed by atoms with Crippen molar-refractivity contribution >= 4 is 34.1 Å². The van der Waals surface area contributed by atoms with Crippen molar-refractivity contribution in [2.45, 2.75) is 19.8 Å². The summed E-state index contributed by atoms with van der Waals surface area (Å²) in [5, 5.41) is 1.67. The number of anilines is 1. The fourth-order valence-electron chi connectivity index (χ4n) is 3.57. The Labute approximate surface area is 157 Å². The van der Waals surface area contributed by atoms with E-state index in [4.69, 9.17) is 11.6 Å². The van der Waals surface area contributed by atoms with E-state index in [0.717, 1.165) is 48.2 Å². The molecule has 1 aliphatic rings. The average Bonchev–Trinajstić information content (AvgIpc) is 2.67. The van der Waals surface area contributed by atoms with E-state index in [9.17, 15) is 4.79 Å². The lowest BCUT2D eigenvalue weighted by molar-refractivity contribution is 0.0900. The normalized spacial score (nSPS) is 15.4. The Bertz CT molecular complexity index is 947. The number of hydrogen-bond donors (Lipinski definition) is 0. The lowest BCUT2D eigenvalue weighted by Crippen LogP contribution is -2.37. The van der Waals surface area contributed by atoms with E-state index >= 15 is 0 Å². The highest BCUT2D eigenvalue weighted by atomic mass is 35.5. The SMILES string of the molecule is Cc1ccc(C(=O)C2CCN(c3ncnc4cc(Cl)ccc34)CC2)cc1. The monoisotopic (exact) mass is 365 g/mol. The summed E-state index contributed by atoms with van der Waals surface area (Å²) in [5.41, 5.74) is 2.84. The van der Waals surface area contributed by atoms with Crippen molar-refractivity contribution in [3.8, 4) is 0 Å². The van der Waals surface area contributed by atoms with E-state index in [1.54, 1.807) is 6.33 Å². The number of ketones is 1. The standard InChI is InChI=1S/C21H20ClN3O/c1-14-2-4-15(5-3-14)20(26)16-8-10-25(11-9-16)21-18-7-6-17(22)12-19(18)23-13-24-21/h2-7,12-13,16H,8-11H2,1H3. The van der Waals surface area contributed by atoms with Crippen molar-refractivity contribution in [3.05, 3.63) is 64.9 Å². The molecule has 2 heterocycles. The molecular formula is C21H20ClN3O. The van der Waals surface area contributed by atoms with Crippen molar-refractivity contribution in [1.82, 2.24) is 9.97 Å². The molecule has 0 atom stereocenters. The van der Waals surface area contributed by atoms with Gasteiger partial charge in [0.15, 0.2) is 5.78 Å². The topological polar surface area (TPSA) is 46.1 Å². The summed E-state index contributed by atoms with van der Waals surface area (Å²) in [6.45, 7) is 3.67. The molecule has 1 aliphatic heterocycles. The Kier molecular flexibility index (Phi) is 4.60. The van der Waals surface area contributed by atoms with Gasteiger partial charge in [0, 0.05) is 35.0 Å². The van der Waals surface area contributed by atoms with Crippen LogP contribution in [0, 0.1) is 12.8 Å². The molecule has 4 rings (SSSR count). The third-order valence-electron chi connectivity index (χ3n) is 5.08. The van der Waals surface area contributed by atoms with Crippen LogP contribution in [0.4, 0.5) is 5.82 Å². The number of aromatic nitrogens is 2. The molecule has 4 nitrogen and oxygen atoms in total. The number of aryl methyl sites for hydroxylation is 1. The fourth-order valence-corrected chi connectivity index (χ4v) is 3.74. The molecule has 26 heavy (non-hydrogen) atoms. The molecule has 0 bridgehead atoms. The second-order valence-corrected chi connectivity index (χ2v) is 7.29. The van der Waals surface area contributed by atoms with E-state index in [2.05, 4.69) is 14.9 Å². The second-order valence-electron chi connectivity index (χ2n) is 6.85. The fraction of sp³-hybridized carbons (Fsp3) is 0.286. The van der Waals surface area contributed by atoms with Gasteiger partial charge < -0.3 is 4.90 Å². The average molecular weight is 366 g/mol. The number of halogens is 1. The predicted molar refractivity (Wildman–Crippen MR) is 105 cm³/mol. The summed E-state index contributed by atoms with van der Waals surface area (Å²) in [4.78, 5) is 23.8. The lowest BCUT2D eigenvalue weighted by Gasteiger charge is -2.32. The Morgan fingerprint density at radius 2 is 1.81 bits per heavy atom. The quantitative estimate of drug-likeness (QED) is 0.631. The van der Waals surface area contributed by atoms with Crippen molar-refractivity contribution in [1.29, 1.82) is 0 Å². The number of benzene rings is 2. The first-order valence-electron chi connectivity index (χ1n) is 8.88. The second kappa shape index (κ2) is 7.04. The maximum absolute atomic E-state index is 12.7. The summed E-state index contributed by atoms with van der Waals surface area (Å²) < 4.78 is 0. The first-order valence-corrected chi connectivity index (χ1v) is 9.26. The van der Waals surface area contributed by atoms with Crippen LogP contribution in [-0.4, -0.2) is 28.8 Å². The summed E-state index contributed by atoms with van der Waals surface area (Å²) >= 11 is 6.07. The van der Waals surface area contributed by atoms with Crippen LogP contribution in [0.15, 0.2) is 48.8 Å². The van der Waals surface area contributed by atoms with Crippen molar-refractivity contribution in [2.24, 2.45) is 5.92 Å². The number of hydrogen-bond acceptors (Lipinski definition) is 4. The van der Waals surface area contributed by atoms with Gasteiger partial charge in [0.25, 0.3) is 0 Å². The van der Waals surface area contributed by atoms with E-state index in [1.165, 1.54) is 5.56 Å². The van der Waals surface area contributed by atoms with E-state index in [1.807, 2.05) is 49.4 Å². The minimum atomic E-state index is 0.0801. The summed E-state index contributed by atoms with van der Waals surface area (Å²) in [6, 6.07) is 13.6. The molecule has 1 fully saturated rings. The molecule has 0 unspecified atom stereocenters. The molecule has 0 spiro atoms. The number of nitrogens with zero attached hydrogens (tertiary/aromatic N) is 3. The number of fused-ring (bicyclic) bond motifs is 1. The van der Waals surface area contributed by atoms with Crippen LogP contribution >= 0.6 is 11.6 Å². The maximum atomic E-state index is 12.7. The first kappa shape index (κ1) is 17.0. The minimum absolute atomic E-state index is 0.0801. The third kappa shape index (κ3) is 3.29. The van der Waals surface area contributed by atoms with Gasteiger partial charge in [0.05, 0.1) is 5.52 Å². The number of piperidine rings is 1. The number of carbonyl (C=O) groups is 1. The van der Waals surface area contributed by atoms with Gasteiger partial charge in [-0.05, 0) is 38.0 Å². The highest BCUT2D eigenvalue weighted by Crippen LogP contribution is 2.30. The molecule has 132 valence electrons. The van der Waals surface area contributed by atoms with Crippen LogP contribution in [0.1, 0.15) is 28.8 Å². The van der Waals surface area contributed by atoms with Crippen molar-refractivity contribution < 1.29 is 4.79 Å². The van der Waals surface area contributed by atoms with Gasteiger partial charge in [-0.3, -0.25) is 4.79 Å². The summed E-state index contributed by atoms with van der Waals surface area (Å²) in [5.74, 6) is 1.26. The Morgan fingerprint density at radius 3 is 2.54 bits per heavy atom. The van der Waals surface area contributed by atoms with Crippen LogP contribution in [0.3, 0.4) is 0 Å². The van der Waals surface area contributed by atoms with Crippen LogP contribution in [0.25, 0.3) is 10.9 Å². The van der Waals surface area contributed by atoms with Crippen molar-refractivity contribution in [2.75, 3.05) is 18.0 Å².